The Morgan fingerprint density at radius 3 is 2.53 bits per heavy atom. The van der Waals surface area contributed by atoms with Crippen molar-refractivity contribution >= 4 is 28.6 Å². The second kappa shape index (κ2) is 11.5. The van der Waals surface area contributed by atoms with Crippen LogP contribution in [0.25, 0.3) is 10.9 Å². The number of carbonyl (C=O) groups excluding carboxylic acids is 1. The zero-order valence-corrected chi connectivity index (χ0v) is 21.1. The molecule has 2 aromatic rings. The third-order valence-corrected chi connectivity index (χ3v) is 6.40. The van der Waals surface area contributed by atoms with Gasteiger partial charge in [0.2, 0.25) is 5.82 Å². The van der Waals surface area contributed by atoms with Gasteiger partial charge in [-0.2, -0.15) is 0 Å². The van der Waals surface area contributed by atoms with Gasteiger partial charge in [0.25, 0.3) is 5.91 Å². The van der Waals surface area contributed by atoms with E-state index in [2.05, 4.69) is 58.2 Å². The van der Waals surface area contributed by atoms with E-state index in [4.69, 9.17) is 11.5 Å². The summed E-state index contributed by atoms with van der Waals surface area (Å²) in [6.45, 7) is 12.0. The summed E-state index contributed by atoms with van der Waals surface area (Å²) in [7, 11) is 0. The largest absolute Gasteiger partial charge is 0.370 e. The van der Waals surface area contributed by atoms with E-state index in [1.54, 1.807) is 0 Å². The van der Waals surface area contributed by atoms with Crippen molar-refractivity contribution in [1.29, 1.82) is 0 Å². The average molecular weight is 469 g/mol. The maximum Gasteiger partial charge on any atom is 0.289 e. The zero-order chi connectivity index (χ0) is 24.8. The number of fused-ring (bicyclic) bond motifs is 1. The molecule has 0 aliphatic heterocycles. The van der Waals surface area contributed by atoms with Gasteiger partial charge >= 0.3 is 0 Å². The molecule has 6 N–H and O–H groups in total. The molecule has 0 spiro atoms. The van der Waals surface area contributed by atoms with Crippen molar-refractivity contribution in [2.45, 2.75) is 84.5 Å². The van der Waals surface area contributed by atoms with Crippen LogP contribution in [-0.2, 0) is 0 Å². The molecule has 0 saturated heterocycles. The van der Waals surface area contributed by atoms with Crippen molar-refractivity contribution in [3.8, 4) is 0 Å². The summed E-state index contributed by atoms with van der Waals surface area (Å²) in [5.41, 5.74) is 13.2. The first-order valence-electron chi connectivity index (χ1n) is 12.3. The molecular formula is C25H40N8O. The normalized spacial score (nSPS) is 18.5. The van der Waals surface area contributed by atoms with Gasteiger partial charge in [0.1, 0.15) is 5.82 Å². The number of nitrogens with one attached hydrogen (secondary N) is 2. The topological polar surface area (TPSA) is 135 Å². The fraction of sp³-hybridized carbons (Fsp3) is 0.600. The van der Waals surface area contributed by atoms with Crippen LogP contribution in [0, 0.1) is 6.92 Å². The number of aliphatic imine (C=N–C) groups is 1. The van der Waals surface area contributed by atoms with E-state index >= 15 is 0 Å². The van der Waals surface area contributed by atoms with Crippen LogP contribution >= 0.6 is 0 Å². The molecule has 9 nitrogen and oxygen atoms in total. The van der Waals surface area contributed by atoms with Gasteiger partial charge in [-0.3, -0.25) is 9.69 Å². The quantitative estimate of drug-likeness (QED) is 0.328. The van der Waals surface area contributed by atoms with Gasteiger partial charge in [-0.1, -0.05) is 24.5 Å². The van der Waals surface area contributed by atoms with Gasteiger partial charge in [-0.15, -0.1) is 0 Å². The van der Waals surface area contributed by atoms with Gasteiger partial charge in [-0.05, 0) is 59.6 Å². The van der Waals surface area contributed by atoms with Crippen molar-refractivity contribution in [2.24, 2.45) is 16.5 Å². The Labute approximate surface area is 202 Å². The van der Waals surface area contributed by atoms with Crippen LogP contribution in [-0.4, -0.2) is 64.0 Å². The Morgan fingerprint density at radius 2 is 1.85 bits per heavy atom. The Kier molecular flexibility index (Phi) is 8.66. The highest BCUT2D eigenvalue weighted by Crippen LogP contribution is 2.28. The van der Waals surface area contributed by atoms with Crippen LogP contribution in [0.5, 0.6) is 0 Å². The van der Waals surface area contributed by atoms with Crippen molar-refractivity contribution < 1.29 is 4.79 Å². The number of guanidine groups is 1. The zero-order valence-electron chi connectivity index (χ0n) is 21.1. The molecule has 1 heterocycles. The van der Waals surface area contributed by atoms with Crippen molar-refractivity contribution in [2.75, 3.05) is 18.4 Å². The molecule has 1 aliphatic rings. The summed E-state index contributed by atoms with van der Waals surface area (Å²) in [6.07, 6.45) is 4.01. The van der Waals surface area contributed by atoms with E-state index in [1.807, 2.05) is 25.1 Å². The highest BCUT2D eigenvalue weighted by molar-refractivity contribution is 5.96. The molecule has 1 aliphatic carbocycles. The Hall–Kier alpha value is -2.94. The number of nitrogens with two attached hydrogens (primary N) is 2. The molecule has 0 bridgehead atoms. The minimum atomic E-state index is -0.276. The lowest BCUT2D eigenvalue weighted by atomic mass is 9.90. The molecule has 1 saturated carbocycles. The molecule has 1 aromatic heterocycles. The van der Waals surface area contributed by atoms with Gasteiger partial charge in [-0.25, -0.2) is 15.0 Å². The van der Waals surface area contributed by atoms with Crippen LogP contribution in [0.1, 0.15) is 69.6 Å². The summed E-state index contributed by atoms with van der Waals surface area (Å²) in [5, 5.41) is 7.43. The third kappa shape index (κ3) is 6.56. The summed E-state index contributed by atoms with van der Waals surface area (Å²) in [6, 6.07) is 6.79. The second-order valence-corrected chi connectivity index (χ2v) is 9.75. The average Bonchev–Trinajstić information content (AvgIpc) is 2.77. The third-order valence-electron chi connectivity index (χ3n) is 6.40. The first kappa shape index (κ1) is 25.7. The number of carbonyl (C=O) groups is 1. The maximum atomic E-state index is 13.0. The number of hydrogen-bond donors (Lipinski definition) is 4. The summed E-state index contributed by atoms with van der Waals surface area (Å²) >= 11 is 0. The molecule has 0 radical (unpaired) electrons. The molecular weight excluding hydrogens is 428 g/mol. The van der Waals surface area contributed by atoms with Gasteiger partial charge in [0.05, 0.1) is 17.6 Å². The smallest absolute Gasteiger partial charge is 0.289 e. The minimum Gasteiger partial charge on any atom is -0.370 e. The van der Waals surface area contributed by atoms with Gasteiger partial charge < -0.3 is 22.1 Å². The highest BCUT2D eigenvalue weighted by atomic mass is 16.2. The number of hydrogen-bond acceptors (Lipinski definition) is 6. The second-order valence-electron chi connectivity index (χ2n) is 9.75. The van der Waals surface area contributed by atoms with Crippen LogP contribution in [0.2, 0.25) is 0 Å². The summed E-state index contributed by atoms with van der Waals surface area (Å²) in [4.78, 5) is 29.0. The maximum absolute atomic E-state index is 13.0. The summed E-state index contributed by atoms with van der Waals surface area (Å²) < 4.78 is 0. The van der Waals surface area contributed by atoms with E-state index < -0.39 is 0 Å². The number of nitrogens with zero attached hydrogens (tertiary/aromatic N) is 4. The molecule has 1 aromatic carbocycles. The first-order valence-corrected chi connectivity index (χ1v) is 12.3. The van der Waals surface area contributed by atoms with Crippen molar-refractivity contribution in [1.82, 2.24) is 20.2 Å². The summed E-state index contributed by atoms with van der Waals surface area (Å²) in [5.74, 6) is 0.627. The number of rotatable bonds is 9. The Bertz CT molecular complexity index is 1010. The molecule has 2 atom stereocenters. The van der Waals surface area contributed by atoms with Gasteiger partial charge in [0, 0.05) is 30.6 Å². The van der Waals surface area contributed by atoms with Crippen molar-refractivity contribution in [3.05, 3.63) is 29.6 Å². The first-order chi connectivity index (χ1) is 16.2. The van der Waals surface area contributed by atoms with E-state index in [0.29, 0.717) is 24.4 Å². The lowest BCUT2D eigenvalue weighted by Crippen LogP contribution is -2.42. The predicted octanol–water partition coefficient (Wildman–Crippen LogP) is 2.78. The number of aryl methyl sites for hydroxylation is 1. The molecule has 1 fully saturated rings. The molecule has 34 heavy (non-hydrogen) atoms. The van der Waals surface area contributed by atoms with Crippen LogP contribution in [0.15, 0.2) is 23.2 Å². The standard InChI is InChI=1S/C25H40N8O/c1-15(2)33(16(3)4)13-12-28-24(34)23-29-19-11-10-17(5)14-18(19)22(32-23)30-20-8-6-7-9-21(20)31-25(26)27/h10-11,14-16,20-21H,6-9,12-13H2,1-5H3,(H,28,34)(H4,26,27,31)(H,29,30,32). The fourth-order valence-electron chi connectivity index (χ4n) is 4.75. The molecule has 2 unspecified atom stereocenters. The van der Waals surface area contributed by atoms with E-state index in [-0.39, 0.29) is 29.8 Å². The van der Waals surface area contributed by atoms with Crippen LogP contribution in [0.4, 0.5) is 5.82 Å². The lowest BCUT2D eigenvalue weighted by molar-refractivity contribution is 0.0929. The van der Waals surface area contributed by atoms with Crippen LogP contribution in [0.3, 0.4) is 0 Å². The molecule has 1 amide bonds. The van der Waals surface area contributed by atoms with Crippen LogP contribution < -0.4 is 22.1 Å². The number of amides is 1. The van der Waals surface area contributed by atoms with Gasteiger partial charge in [0.15, 0.2) is 5.96 Å². The highest BCUT2D eigenvalue weighted by Gasteiger charge is 2.26. The minimum absolute atomic E-state index is 0.0242. The number of benzene rings is 1. The molecule has 9 heteroatoms. The SMILES string of the molecule is Cc1ccc2nc(C(=O)NCCN(C(C)C)C(C)C)nc(NC3CCCCC3N=C(N)N)c2c1. The van der Waals surface area contributed by atoms with E-state index in [0.717, 1.165) is 48.7 Å². The van der Waals surface area contributed by atoms with Crippen molar-refractivity contribution in [3.63, 3.8) is 0 Å². The Morgan fingerprint density at radius 1 is 1.15 bits per heavy atom. The fourth-order valence-corrected chi connectivity index (χ4v) is 4.75. The predicted molar refractivity (Wildman–Crippen MR) is 139 cm³/mol. The monoisotopic (exact) mass is 468 g/mol. The molecule has 186 valence electrons. The Balaban J connectivity index is 1.84. The van der Waals surface area contributed by atoms with E-state index in [1.165, 1.54) is 0 Å². The number of anilines is 1. The lowest BCUT2D eigenvalue weighted by Gasteiger charge is -2.30. The van der Waals surface area contributed by atoms with E-state index in [9.17, 15) is 4.79 Å². The molecule has 3 rings (SSSR count). The number of aromatic nitrogens is 2.